The topological polar surface area (TPSA) is 41.1 Å². The summed E-state index contributed by atoms with van der Waals surface area (Å²) in [6, 6.07) is 9.41. The third kappa shape index (κ3) is 2.32. The number of hydrogen-bond acceptors (Lipinski definition) is 2. The van der Waals surface area contributed by atoms with Crippen molar-refractivity contribution < 1.29 is 4.79 Å². The Bertz CT molecular complexity index is 449. The van der Waals surface area contributed by atoms with Crippen LogP contribution in [0.25, 0.3) is 0 Å². The molecule has 4 heteroatoms. The van der Waals surface area contributed by atoms with Crippen LogP contribution in [-0.4, -0.2) is 18.0 Å². The van der Waals surface area contributed by atoms with Crippen molar-refractivity contribution >= 4 is 24.0 Å². The minimum atomic E-state index is 0. The molecular weight excluding hydrogens is 248 g/mol. The Morgan fingerprint density at radius 3 is 2.89 bits per heavy atom. The summed E-state index contributed by atoms with van der Waals surface area (Å²) in [6.07, 6.45) is 3.30. The van der Waals surface area contributed by atoms with Crippen molar-refractivity contribution in [2.45, 2.75) is 44.2 Å². The lowest BCUT2D eigenvalue weighted by Crippen LogP contribution is -2.42. The molecule has 1 aliphatic carbocycles. The van der Waals surface area contributed by atoms with Crippen LogP contribution in [0.2, 0.25) is 0 Å². The van der Waals surface area contributed by atoms with Crippen molar-refractivity contribution in [3.05, 3.63) is 29.8 Å². The minimum Gasteiger partial charge on any atom is -0.381 e. The van der Waals surface area contributed by atoms with Crippen molar-refractivity contribution in [3.63, 3.8) is 0 Å². The van der Waals surface area contributed by atoms with Crippen LogP contribution in [0, 0.1) is 0 Å². The second-order valence-corrected chi connectivity index (χ2v) is 5.16. The molecule has 0 spiro atoms. The molecule has 1 heterocycles. The largest absolute Gasteiger partial charge is 0.381 e. The van der Waals surface area contributed by atoms with Gasteiger partial charge in [-0.15, -0.1) is 12.4 Å². The average molecular weight is 267 g/mol. The number of fused-ring (bicyclic) bond motifs is 3. The van der Waals surface area contributed by atoms with Crippen LogP contribution in [0.15, 0.2) is 24.3 Å². The first-order chi connectivity index (χ1) is 8.24. The fourth-order valence-electron chi connectivity index (χ4n) is 3.27. The smallest absolute Gasteiger partial charge is 0.217 e. The van der Waals surface area contributed by atoms with E-state index in [4.69, 9.17) is 0 Å². The third-order valence-electron chi connectivity index (χ3n) is 3.96. The molecular formula is C14H19ClN2O. The van der Waals surface area contributed by atoms with Gasteiger partial charge in [0.15, 0.2) is 0 Å². The molecule has 1 amide bonds. The molecule has 0 saturated heterocycles. The van der Waals surface area contributed by atoms with Gasteiger partial charge in [-0.25, -0.2) is 0 Å². The molecule has 1 saturated carbocycles. The number of para-hydroxylation sites is 1. The van der Waals surface area contributed by atoms with E-state index in [1.54, 1.807) is 6.92 Å². The van der Waals surface area contributed by atoms with E-state index in [0.29, 0.717) is 18.0 Å². The zero-order valence-corrected chi connectivity index (χ0v) is 11.3. The maximum Gasteiger partial charge on any atom is 0.217 e. The van der Waals surface area contributed by atoms with Gasteiger partial charge in [0.1, 0.15) is 0 Å². The third-order valence-corrected chi connectivity index (χ3v) is 3.96. The Hall–Kier alpha value is -1.22. The number of halogens is 1. The van der Waals surface area contributed by atoms with Gasteiger partial charge in [-0.2, -0.15) is 0 Å². The van der Waals surface area contributed by atoms with Crippen molar-refractivity contribution in [2.24, 2.45) is 0 Å². The maximum absolute atomic E-state index is 11.1. The molecule has 2 N–H and O–H groups in total. The summed E-state index contributed by atoms with van der Waals surface area (Å²) in [5.74, 6) is 0.722. The lowest BCUT2D eigenvalue weighted by atomic mass is 9.80. The van der Waals surface area contributed by atoms with E-state index in [1.807, 2.05) is 0 Å². The minimum absolute atomic E-state index is 0. The SMILES string of the molecule is CC(=O)NC1CC[C@H]2c3ccccc3N[C@H]2C1.Cl. The van der Waals surface area contributed by atoms with Crippen LogP contribution >= 0.6 is 12.4 Å². The summed E-state index contributed by atoms with van der Waals surface area (Å²) in [5, 5.41) is 6.63. The van der Waals surface area contributed by atoms with Crippen LogP contribution in [0.5, 0.6) is 0 Å². The Labute approximate surface area is 114 Å². The number of rotatable bonds is 1. The molecule has 3 atom stereocenters. The lowest BCUT2D eigenvalue weighted by Gasteiger charge is -2.32. The zero-order chi connectivity index (χ0) is 11.8. The number of carbonyl (C=O) groups is 1. The van der Waals surface area contributed by atoms with Crippen molar-refractivity contribution in [1.29, 1.82) is 0 Å². The standard InChI is InChI=1S/C14H18N2O.ClH/c1-9(17)15-10-6-7-12-11-4-2-3-5-13(11)16-14(12)8-10;/h2-5,10,12,14,16H,6-8H2,1H3,(H,15,17);1H/t10?,12-,14-;/m0./s1. The van der Waals surface area contributed by atoms with Crippen LogP contribution in [0.1, 0.15) is 37.7 Å². The molecule has 2 aliphatic rings. The molecule has 3 nitrogen and oxygen atoms in total. The van der Waals surface area contributed by atoms with E-state index in [-0.39, 0.29) is 18.3 Å². The Balaban J connectivity index is 0.00000120. The predicted molar refractivity (Wildman–Crippen MR) is 75.3 cm³/mol. The van der Waals surface area contributed by atoms with Crippen LogP contribution in [0.4, 0.5) is 5.69 Å². The number of carbonyl (C=O) groups excluding carboxylic acids is 1. The summed E-state index contributed by atoms with van der Waals surface area (Å²) in [4.78, 5) is 11.1. The Kier molecular flexibility index (Phi) is 3.81. The van der Waals surface area contributed by atoms with Crippen LogP contribution in [-0.2, 0) is 4.79 Å². The highest BCUT2D eigenvalue weighted by Crippen LogP contribution is 2.43. The highest BCUT2D eigenvalue weighted by Gasteiger charge is 2.37. The van der Waals surface area contributed by atoms with Gasteiger partial charge in [0.05, 0.1) is 0 Å². The first-order valence-electron chi connectivity index (χ1n) is 6.36. The van der Waals surface area contributed by atoms with Gasteiger partial charge in [-0.1, -0.05) is 18.2 Å². The normalized spacial score (nSPS) is 28.4. The van der Waals surface area contributed by atoms with Gasteiger partial charge < -0.3 is 10.6 Å². The zero-order valence-electron chi connectivity index (χ0n) is 10.5. The van der Waals surface area contributed by atoms with E-state index < -0.39 is 0 Å². The second-order valence-electron chi connectivity index (χ2n) is 5.16. The number of anilines is 1. The molecule has 98 valence electrons. The Morgan fingerprint density at radius 2 is 2.11 bits per heavy atom. The summed E-state index contributed by atoms with van der Waals surface area (Å²) >= 11 is 0. The molecule has 0 bridgehead atoms. The van der Waals surface area contributed by atoms with E-state index in [2.05, 4.69) is 34.9 Å². The van der Waals surface area contributed by atoms with Gasteiger partial charge in [-0.05, 0) is 30.9 Å². The molecule has 0 radical (unpaired) electrons. The summed E-state index contributed by atoms with van der Waals surface area (Å²) in [5.41, 5.74) is 2.74. The summed E-state index contributed by atoms with van der Waals surface area (Å²) < 4.78 is 0. The first kappa shape index (κ1) is 13.2. The van der Waals surface area contributed by atoms with Crippen LogP contribution in [0.3, 0.4) is 0 Å². The summed E-state index contributed by atoms with van der Waals surface area (Å²) in [6.45, 7) is 1.60. The van der Waals surface area contributed by atoms with Gasteiger partial charge in [0, 0.05) is 30.6 Å². The molecule has 1 aromatic carbocycles. The fraction of sp³-hybridized carbons (Fsp3) is 0.500. The van der Waals surface area contributed by atoms with Crippen molar-refractivity contribution in [2.75, 3.05) is 5.32 Å². The van der Waals surface area contributed by atoms with Crippen molar-refractivity contribution in [3.8, 4) is 0 Å². The monoisotopic (exact) mass is 266 g/mol. The molecule has 1 aliphatic heterocycles. The fourth-order valence-corrected chi connectivity index (χ4v) is 3.27. The highest BCUT2D eigenvalue weighted by molar-refractivity contribution is 5.85. The quantitative estimate of drug-likeness (QED) is 0.821. The summed E-state index contributed by atoms with van der Waals surface area (Å²) in [7, 11) is 0. The molecule has 1 aromatic rings. The molecule has 3 rings (SSSR count). The number of nitrogens with one attached hydrogen (secondary N) is 2. The molecule has 18 heavy (non-hydrogen) atoms. The van der Waals surface area contributed by atoms with Crippen LogP contribution < -0.4 is 10.6 Å². The molecule has 1 fully saturated rings. The van der Waals surface area contributed by atoms with Gasteiger partial charge >= 0.3 is 0 Å². The number of hydrogen-bond donors (Lipinski definition) is 2. The van der Waals surface area contributed by atoms with Gasteiger partial charge in [-0.3, -0.25) is 4.79 Å². The molecule has 0 aromatic heterocycles. The van der Waals surface area contributed by atoms with Gasteiger partial charge in [0.25, 0.3) is 0 Å². The highest BCUT2D eigenvalue weighted by atomic mass is 35.5. The number of benzene rings is 1. The predicted octanol–water partition coefficient (Wildman–Crippen LogP) is 2.67. The van der Waals surface area contributed by atoms with E-state index in [0.717, 1.165) is 12.8 Å². The second kappa shape index (κ2) is 5.19. The first-order valence-corrected chi connectivity index (χ1v) is 6.36. The van der Waals surface area contributed by atoms with E-state index in [1.165, 1.54) is 17.7 Å². The molecule has 1 unspecified atom stereocenters. The van der Waals surface area contributed by atoms with E-state index in [9.17, 15) is 4.79 Å². The number of amides is 1. The van der Waals surface area contributed by atoms with Crippen molar-refractivity contribution in [1.82, 2.24) is 5.32 Å². The maximum atomic E-state index is 11.1. The lowest BCUT2D eigenvalue weighted by molar-refractivity contribution is -0.119. The van der Waals surface area contributed by atoms with Gasteiger partial charge in [0.2, 0.25) is 5.91 Å². The van der Waals surface area contributed by atoms with E-state index >= 15 is 0 Å². The average Bonchev–Trinajstić information content (AvgIpc) is 2.65. The Morgan fingerprint density at radius 1 is 1.33 bits per heavy atom.